The second kappa shape index (κ2) is 5.09. The van der Waals surface area contributed by atoms with Gasteiger partial charge in [0.05, 0.1) is 0 Å². The maximum absolute atomic E-state index is 8.86. The molecule has 1 aromatic carbocycles. The van der Waals surface area contributed by atoms with E-state index >= 15 is 0 Å². The number of aliphatic hydroxyl groups is 1. The number of benzene rings is 1. The molecule has 17 heavy (non-hydrogen) atoms. The highest BCUT2D eigenvalue weighted by Gasteiger charge is 2.30. The first kappa shape index (κ1) is 12.4. The monoisotopic (exact) mass is 233 g/mol. The fraction of sp³-hybridized carbons (Fsp3) is 0.600. The Morgan fingerprint density at radius 2 is 2.00 bits per heavy atom. The van der Waals surface area contributed by atoms with Gasteiger partial charge in [-0.3, -0.25) is 0 Å². The van der Waals surface area contributed by atoms with Crippen molar-refractivity contribution in [2.45, 2.75) is 45.6 Å². The van der Waals surface area contributed by atoms with Gasteiger partial charge < -0.3 is 10.4 Å². The van der Waals surface area contributed by atoms with Crippen molar-refractivity contribution in [3.05, 3.63) is 29.8 Å². The minimum atomic E-state index is 0.226. The fourth-order valence-electron chi connectivity index (χ4n) is 2.69. The molecular weight excluding hydrogens is 210 g/mol. The lowest BCUT2D eigenvalue weighted by molar-refractivity contribution is 0.299. The number of aliphatic hydroxyl groups excluding tert-OH is 1. The van der Waals surface area contributed by atoms with Gasteiger partial charge >= 0.3 is 0 Å². The molecule has 0 amide bonds. The van der Waals surface area contributed by atoms with Gasteiger partial charge in [-0.05, 0) is 48.8 Å². The molecule has 0 aliphatic heterocycles. The Morgan fingerprint density at radius 3 is 2.53 bits per heavy atom. The lowest BCUT2D eigenvalue weighted by atomic mass is 9.92. The Bertz CT molecular complexity index is 356. The van der Waals surface area contributed by atoms with Crippen molar-refractivity contribution in [1.82, 2.24) is 0 Å². The van der Waals surface area contributed by atoms with Crippen LogP contribution in [0.15, 0.2) is 24.3 Å². The number of anilines is 1. The number of hydrogen-bond donors (Lipinski definition) is 2. The Labute approximate surface area is 104 Å². The summed E-state index contributed by atoms with van der Waals surface area (Å²) in [6.07, 6.45) is 4.58. The molecule has 0 heterocycles. The first-order valence-electron chi connectivity index (χ1n) is 6.55. The summed E-state index contributed by atoms with van der Waals surface area (Å²) in [6, 6.07) is 9.05. The zero-order valence-electron chi connectivity index (χ0n) is 10.9. The molecule has 0 saturated heterocycles. The van der Waals surface area contributed by atoms with Crippen LogP contribution >= 0.6 is 0 Å². The first-order chi connectivity index (χ1) is 8.09. The SMILES string of the molecule is CC1(C)CCC(Nc2ccc(CCO)cc2)C1. The van der Waals surface area contributed by atoms with Crippen LogP contribution in [0.4, 0.5) is 5.69 Å². The highest BCUT2D eigenvalue weighted by Crippen LogP contribution is 2.38. The van der Waals surface area contributed by atoms with Crippen LogP contribution < -0.4 is 5.32 Å². The summed E-state index contributed by atoms with van der Waals surface area (Å²) in [4.78, 5) is 0. The van der Waals surface area contributed by atoms with Crippen molar-refractivity contribution in [3.63, 3.8) is 0 Å². The van der Waals surface area contributed by atoms with Crippen molar-refractivity contribution in [2.24, 2.45) is 5.41 Å². The molecule has 94 valence electrons. The van der Waals surface area contributed by atoms with Gasteiger partial charge in [0.1, 0.15) is 0 Å². The zero-order valence-corrected chi connectivity index (χ0v) is 10.9. The van der Waals surface area contributed by atoms with Crippen molar-refractivity contribution >= 4 is 5.69 Å². The summed E-state index contributed by atoms with van der Waals surface area (Å²) in [5, 5.41) is 12.5. The maximum atomic E-state index is 8.86. The van der Waals surface area contributed by atoms with Crippen LogP contribution in [-0.4, -0.2) is 17.8 Å². The van der Waals surface area contributed by atoms with Crippen LogP contribution in [0.5, 0.6) is 0 Å². The Kier molecular flexibility index (Phi) is 3.72. The van der Waals surface area contributed by atoms with Gasteiger partial charge in [-0.25, -0.2) is 0 Å². The van der Waals surface area contributed by atoms with Crippen molar-refractivity contribution in [3.8, 4) is 0 Å². The molecule has 1 aromatic rings. The highest BCUT2D eigenvalue weighted by atomic mass is 16.2. The van der Waals surface area contributed by atoms with E-state index in [0.717, 1.165) is 6.42 Å². The summed E-state index contributed by atoms with van der Waals surface area (Å²) in [5.41, 5.74) is 2.90. The normalized spacial score (nSPS) is 22.6. The lowest BCUT2D eigenvalue weighted by Gasteiger charge is -2.18. The third kappa shape index (κ3) is 3.47. The Balaban J connectivity index is 1.91. The first-order valence-corrected chi connectivity index (χ1v) is 6.55. The predicted molar refractivity (Wildman–Crippen MR) is 72.3 cm³/mol. The number of hydrogen-bond acceptors (Lipinski definition) is 2. The van der Waals surface area contributed by atoms with E-state index in [1.807, 2.05) is 0 Å². The summed E-state index contributed by atoms with van der Waals surface area (Å²) in [6.45, 7) is 4.92. The molecular formula is C15H23NO. The van der Waals surface area contributed by atoms with Crippen LogP contribution in [0.2, 0.25) is 0 Å². The van der Waals surface area contributed by atoms with Gasteiger partial charge in [-0.15, -0.1) is 0 Å². The zero-order chi connectivity index (χ0) is 12.3. The second-order valence-corrected chi connectivity index (χ2v) is 5.92. The van der Waals surface area contributed by atoms with Gasteiger partial charge in [0.15, 0.2) is 0 Å². The van der Waals surface area contributed by atoms with E-state index in [2.05, 4.69) is 43.4 Å². The lowest BCUT2D eigenvalue weighted by Crippen LogP contribution is -2.17. The maximum Gasteiger partial charge on any atom is 0.0471 e. The topological polar surface area (TPSA) is 32.3 Å². The molecule has 0 bridgehead atoms. The molecule has 0 radical (unpaired) electrons. The molecule has 1 unspecified atom stereocenters. The van der Waals surface area contributed by atoms with Gasteiger partial charge in [0.2, 0.25) is 0 Å². The summed E-state index contributed by atoms with van der Waals surface area (Å²) in [7, 11) is 0. The summed E-state index contributed by atoms with van der Waals surface area (Å²) >= 11 is 0. The average molecular weight is 233 g/mol. The van der Waals surface area contributed by atoms with Crippen molar-refractivity contribution < 1.29 is 5.11 Å². The average Bonchev–Trinajstić information content (AvgIpc) is 2.61. The second-order valence-electron chi connectivity index (χ2n) is 5.92. The van der Waals surface area contributed by atoms with E-state index < -0.39 is 0 Å². The van der Waals surface area contributed by atoms with Crippen LogP contribution in [0, 0.1) is 5.41 Å². The van der Waals surface area contributed by atoms with E-state index in [1.54, 1.807) is 0 Å². The molecule has 1 saturated carbocycles. The smallest absolute Gasteiger partial charge is 0.0471 e. The highest BCUT2D eigenvalue weighted by molar-refractivity contribution is 5.45. The molecule has 2 N–H and O–H groups in total. The largest absolute Gasteiger partial charge is 0.396 e. The van der Waals surface area contributed by atoms with Gasteiger partial charge in [-0.1, -0.05) is 26.0 Å². The standard InChI is InChI=1S/C15H23NO/c1-15(2)9-7-14(11-15)16-13-5-3-12(4-6-13)8-10-17/h3-6,14,16-17H,7-11H2,1-2H3. The third-order valence-corrected chi connectivity index (χ3v) is 3.69. The molecule has 1 atom stereocenters. The summed E-state index contributed by atoms with van der Waals surface area (Å²) in [5.74, 6) is 0. The number of rotatable bonds is 4. The molecule has 0 aromatic heterocycles. The quantitative estimate of drug-likeness (QED) is 0.837. The van der Waals surface area contributed by atoms with Crippen LogP contribution in [-0.2, 0) is 6.42 Å². The van der Waals surface area contributed by atoms with Gasteiger partial charge in [0.25, 0.3) is 0 Å². The molecule has 1 aliphatic rings. The molecule has 1 aliphatic carbocycles. The molecule has 2 rings (SSSR count). The molecule has 2 heteroatoms. The van der Waals surface area contributed by atoms with E-state index in [9.17, 15) is 0 Å². The Morgan fingerprint density at radius 1 is 1.29 bits per heavy atom. The molecule has 2 nitrogen and oxygen atoms in total. The third-order valence-electron chi connectivity index (χ3n) is 3.69. The van der Waals surface area contributed by atoms with Crippen LogP contribution in [0.1, 0.15) is 38.7 Å². The number of nitrogens with one attached hydrogen (secondary N) is 1. The van der Waals surface area contributed by atoms with E-state index in [0.29, 0.717) is 11.5 Å². The molecule has 0 spiro atoms. The van der Waals surface area contributed by atoms with E-state index in [1.165, 1.54) is 30.5 Å². The van der Waals surface area contributed by atoms with Crippen molar-refractivity contribution in [2.75, 3.05) is 11.9 Å². The van der Waals surface area contributed by atoms with Crippen LogP contribution in [0.3, 0.4) is 0 Å². The minimum absolute atomic E-state index is 0.226. The van der Waals surface area contributed by atoms with Gasteiger partial charge in [-0.2, -0.15) is 0 Å². The van der Waals surface area contributed by atoms with Crippen molar-refractivity contribution in [1.29, 1.82) is 0 Å². The van der Waals surface area contributed by atoms with E-state index in [4.69, 9.17) is 5.11 Å². The summed E-state index contributed by atoms with van der Waals surface area (Å²) < 4.78 is 0. The van der Waals surface area contributed by atoms with E-state index in [-0.39, 0.29) is 6.61 Å². The van der Waals surface area contributed by atoms with Gasteiger partial charge in [0, 0.05) is 18.3 Å². The minimum Gasteiger partial charge on any atom is -0.396 e. The fourth-order valence-corrected chi connectivity index (χ4v) is 2.69. The Hall–Kier alpha value is -1.02. The predicted octanol–water partition coefficient (Wildman–Crippen LogP) is 3.21. The van der Waals surface area contributed by atoms with Crippen LogP contribution in [0.25, 0.3) is 0 Å². The molecule has 1 fully saturated rings.